The highest BCUT2D eigenvalue weighted by Crippen LogP contribution is 2.39. The molecule has 0 bridgehead atoms. The van der Waals surface area contributed by atoms with Crippen LogP contribution in [0.1, 0.15) is 39.5 Å². The van der Waals surface area contributed by atoms with Crippen LogP contribution in [-0.4, -0.2) is 63.3 Å². The number of ether oxygens (including phenoxy) is 1. The Morgan fingerprint density at radius 1 is 1.38 bits per heavy atom. The van der Waals surface area contributed by atoms with Crippen molar-refractivity contribution in [1.29, 1.82) is 0 Å². The van der Waals surface area contributed by atoms with E-state index in [0.717, 1.165) is 25.6 Å². The fourth-order valence-corrected chi connectivity index (χ4v) is 4.08. The molecule has 3 nitrogen and oxygen atoms in total. The van der Waals surface area contributed by atoms with Crippen LogP contribution in [0, 0.1) is 11.3 Å². The van der Waals surface area contributed by atoms with Gasteiger partial charge < -0.3 is 15.0 Å². The molecule has 0 heterocycles. The molecule has 1 rings (SSSR count). The number of nitrogens with one attached hydrogen (secondary N) is 1. The van der Waals surface area contributed by atoms with Gasteiger partial charge in [0.1, 0.15) is 0 Å². The quantitative estimate of drug-likeness (QED) is 0.626. The van der Waals surface area contributed by atoms with Crippen LogP contribution in [0.2, 0.25) is 0 Å². The average Bonchev–Trinajstić information content (AvgIpc) is 2.47. The Balaban J connectivity index is 2.54. The van der Waals surface area contributed by atoms with Crippen molar-refractivity contribution >= 4 is 11.8 Å². The predicted octanol–water partition coefficient (Wildman–Crippen LogP) is 3.10. The van der Waals surface area contributed by atoms with Crippen molar-refractivity contribution in [3.63, 3.8) is 0 Å². The van der Waals surface area contributed by atoms with Gasteiger partial charge in [-0.25, -0.2) is 0 Å². The molecule has 0 saturated heterocycles. The standard InChI is InChI=1S/C17H36N2OS/c1-15-6-8-17(9-7-15,13-18-10-11-20-4)14-19(3)16(2)12-21-5/h15-16,18H,6-14H2,1-5H3. The third kappa shape index (κ3) is 6.89. The maximum Gasteiger partial charge on any atom is 0.0587 e. The molecular formula is C17H36N2OS. The number of hydrogen-bond donors (Lipinski definition) is 1. The summed E-state index contributed by atoms with van der Waals surface area (Å²) in [6.07, 6.45) is 7.71. The second kappa shape index (κ2) is 10.1. The lowest BCUT2D eigenvalue weighted by Gasteiger charge is -2.43. The van der Waals surface area contributed by atoms with Crippen molar-refractivity contribution in [3.8, 4) is 0 Å². The van der Waals surface area contributed by atoms with Gasteiger partial charge in [-0.15, -0.1) is 0 Å². The maximum atomic E-state index is 5.16. The van der Waals surface area contributed by atoms with Crippen LogP contribution in [0.25, 0.3) is 0 Å². The van der Waals surface area contributed by atoms with Gasteiger partial charge in [-0.05, 0) is 44.4 Å². The molecule has 0 amide bonds. The highest BCUT2D eigenvalue weighted by atomic mass is 32.2. The largest absolute Gasteiger partial charge is 0.383 e. The molecule has 4 heteroatoms. The minimum Gasteiger partial charge on any atom is -0.383 e. The molecule has 0 aromatic heterocycles. The van der Waals surface area contributed by atoms with Crippen molar-refractivity contribution in [2.45, 2.75) is 45.6 Å². The van der Waals surface area contributed by atoms with Crippen molar-refractivity contribution in [3.05, 3.63) is 0 Å². The lowest BCUT2D eigenvalue weighted by molar-refractivity contribution is 0.0839. The minimum atomic E-state index is 0.460. The first kappa shape index (κ1) is 19.3. The monoisotopic (exact) mass is 316 g/mol. The van der Waals surface area contributed by atoms with E-state index in [1.165, 1.54) is 38.0 Å². The predicted molar refractivity (Wildman–Crippen MR) is 95.3 cm³/mol. The van der Waals surface area contributed by atoms with E-state index in [9.17, 15) is 0 Å². The zero-order valence-electron chi connectivity index (χ0n) is 14.8. The zero-order chi connectivity index (χ0) is 15.7. The molecule has 0 spiro atoms. The van der Waals surface area contributed by atoms with Crippen molar-refractivity contribution in [2.75, 3.05) is 52.4 Å². The summed E-state index contributed by atoms with van der Waals surface area (Å²) in [5.74, 6) is 2.13. The van der Waals surface area contributed by atoms with Crippen molar-refractivity contribution in [1.82, 2.24) is 10.2 Å². The van der Waals surface area contributed by atoms with E-state index in [2.05, 4.69) is 37.4 Å². The maximum absolute atomic E-state index is 5.16. The first-order chi connectivity index (χ1) is 10.0. The molecular weight excluding hydrogens is 280 g/mol. The second-order valence-electron chi connectivity index (χ2n) is 7.07. The summed E-state index contributed by atoms with van der Waals surface area (Å²) in [6, 6.07) is 0.662. The fraction of sp³-hybridized carbons (Fsp3) is 1.00. The molecule has 1 fully saturated rings. The summed E-state index contributed by atoms with van der Waals surface area (Å²) in [6.45, 7) is 8.90. The Bertz CT molecular complexity index is 268. The summed E-state index contributed by atoms with van der Waals surface area (Å²) in [7, 11) is 4.08. The third-order valence-corrected chi connectivity index (χ3v) is 5.88. The van der Waals surface area contributed by atoms with E-state index >= 15 is 0 Å². The van der Waals surface area contributed by atoms with Crippen LogP contribution >= 0.6 is 11.8 Å². The van der Waals surface area contributed by atoms with Gasteiger partial charge in [0.15, 0.2) is 0 Å². The topological polar surface area (TPSA) is 24.5 Å². The molecule has 1 saturated carbocycles. The Hall–Kier alpha value is 0.230. The lowest BCUT2D eigenvalue weighted by atomic mass is 9.70. The van der Waals surface area contributed by atoms with Gasteiger partial charge in [0, 0.05) is 38.5 Å². The minimum absolute atomic E-state index is 0.460. The van der Waals surface area contributed by atoms with Crippen LogP contribution < -0.4 is 5.32 Å². The number of nitrogens with zero attached hydrogens (tertiary/aromatic N) is 1. The third-order valence-electron chi connectivity index (χ3n) is 5.06. The van der Waals surface area contributed by atoms with Crippen LogP contribution in [-0.2, 0) is 4.74 Å². The Morgan fingerprint density at radius 3 is 2.62 bits per heavy atom. The van der Waals surface area contributed by atoms with E-state index in [1.54, 1.807) is 7.11 Å². The number of methoxy groups -OCH3 is 1. The number of rotatable bonds is 10. The SMILES string of the molecule is COCCNCC1(CN(C)C(C)CSC)CCC(C)CC1. The summed E-state index contributed by atoms with van der Waals surface area (Å²) in [4.78, 5) is 2.57. The normalized spacial score (nSPS) is 28.0. The van der Waals surface area contributed by atoms with Gasteiger partial charge in [0.05, 0.1) is 6.61 Å². The van der Waals surface area contributed by atoms with Gasteiger partial charge in [0.25, 0.3) is 0 Å². The van der Waals surface area contributed by atoms with Crippen LogP contribution in [0.4, 0.5) is 0 Å². The number of hydrogen-bond acceptors (Lipinski definition) is 4. The van der Waals surface area contributed by atoms with E-state index in [-0.39, 0.29) is 0 Å². The molecule has 21 heavy (non-hydrogen) atoms. The molecule has 0 aromatic rings. The van der Waals surface area contributed by atoms with Gasteiger partial charge >= 0.3 is 0 Å². The van der Waals surface area contributed by atoms with E-state index in [4.69, 9.17) is 4.74 Å². The molecule has 1 N–H and O–H groups in total. The zero-order valence-corrected chi connectivity index (χ0v) is 15.6. The fourth-order valence-electron chi connectivity index (χ4n) is 3.35. The lowest BCUT2D eigenvalue weighted by Crippen LogP contribution is -2.48. The van der Waals surface area contributed by atoms with Crippen LogP contribution in [0.15, 0.2) is 0 Å². The summed E-state index contributed by atoms with van der Waals surface area (Å²) >= 11 is 1.95. The molecule has 1 aliphatic rings. The van der Waals surface area contributed by atoms with E-state index in [1.807, 2.05) is 11.8 Å². The summed E-state index contributed by atoms with van der Waals surface area (Å²) in [5.41, 5.74) is 0.460. The Kier molecular flexibility index (Phi) is 9.26. The summed E-state index contributed by atoms with van der Waals surface area (Å²) < 4.78 is 5.16. The highest BCUT2D eigenvalue weighted by molar-refractivity contribution is 7.98. The van der Waals surface area contributed by atoms with Crippen molar-refractivity contribution < 1.29 is 4.74 Å². The van der Waals surface area contributed by atoms with Gasteiger partial charge in [0.2, 0.25) is 0 Å². The molecule has 0 radical (unpaired) electrons. The van der Waals surface area contributed by atoms with E-state index in [0.29, 0.717) is 11.5 Å². The molecule has 0 aliphatic heterocycles. The molecule has 1 aliphatic carbocycles. The van der Waals surface area contributed by atoms with Gasteiger partial charge in [-0.3, -0.25) is 0 Å². The average molecular weight is 317 g/mol. The smallest absolute Gasteiger partial charge is 0.0587 e. The number of thioether (sulfide) groups is 1. The first-order valence-corrected chi connectivity index (χ1v) is 9.81. The summed E-state index contributed by atoms with van der Waals surface area (Å²) in [5, 5.41) is 3.63. The Morgan fingerprint density at radius 2 is 2.05 bits per heavy atom. The second-order valence-corrected chi connectivity index (χ2v) is 7.98. The van der Waals surface area contributed by atoms with Crippen molar-refractivity contribution in [2.24, 2.45) is 11.3 Å². The van der Waals surface area contributed by atoms with Gasteiger partial charge in [-0.1, -0.05) is 19.8 Å². The highest BCUT2D eigenvalue weighted by Gasteiger charge is 2.35. The molecule has 126 valence electrons. The van der Waals surface area contributed by atoms with Crippen LogP contribution in [0.3, 0.4) is 0 Å². The molecule has 0 aromatic carbocycles. The molecule has 1 atom stereocenters. The van der Waals surface area contributed by atoms with E-state index < -0.39 is 0 Å². The first-order valence-electron chi connectivity index (χ1n) is 8.42. The molecule has 1 unspecified atom stereocenters. The van der Waals surface area contributed by atoms with Gasteiger partial charge in [-0.2, -0.15) is 11.8 Å². The Labute approximate surface area is 136 Å². The van der Waals surface area contributed by atoms with Crippen LogP contribution in [0.5, 0.6) is 0 Å².